The SMILES string of the molecule is COC(=O)[C@@H](NS(=O)(=O)c1ccccc1NC(C)=O)C(C)C. The Morgan fingerprint density at radius 3 is 2.27 bits per heavy atom. The average molecular weight is 328 g/mol. The van der Waals surface area contributed by atoms with Crippen molar-refractivity contribution in [3.8, 4) is 0 Å². The van der Waals surface area contributed by atoms with Gasteiger partial charge in [0.1, 0.15) is 10.9 Å². The lowest BCUT2D eigenvalue weighted by atomic mass is 10.1. The number of carbonyl (C=O) groups is 2. The third-order valence-electron chi connectivity index (χ3n) is 2.89. The van der Waals surface area contributed by atoms with E-state index in [4.69, 9.17) is 0 Å². The van der Waals surface area contributed by atoms with Gasteiger partial charge in [-0.25, -0.2) is 8.42 Å². The highest BCUT2D eigenvalue weighted by Gasteiger charge is 2.30. The van der Waals surface area contributed by atoms with Crippen LogP contribution in [0, 0.1) is 5.92 Å². The number of benzene rings is 1. The van der Waals surface area contributed by atoms with Gasteiger partial charge in [0, 0.05) is 6.92 Å². The summed E-state index contributed by atoms with van der Waals surface area (Å²) in [6.45, 7) is 4.68. The van der Waals surface area contributed by atoms with Gasteiger partial charge in [-0.2, -0.15) is 4.72 Å². The fraction of sp³-hybridized carbons (Fsp3) is 0.429. The van der Waals surface area contributed by atoms with Gasteiger partial charge >= 0.3 is 5.97 Å². The number of methoxy groups -OCH3 is 1. The number of para-hydroxylation sites is 1. The Hall–Kier alpha value is -1.93. The number of hydrogen-bond donors (Lipinski definition) is 2. The first-order valence-corrected chi connectivity index (χ1v) is 8.14. The summed E-state index contributed by atoms with van der Waals surface area (Å²) < 4.78 is 31.9. The third kappa shape index (κ3) is 4.54. The van der Waals surface area contributed by atoms with Crippen LogP contribution in [0.15, 0.2) is 29.2 Å². The van der Waals surface area contributed by atoms with Crippen LogP contribution in [0.2, 0.25) is 0 Å². The van der Waals surface area contributed by atoms with Crippen LogP contribution in [0.4, 0.5) is 5.69 Å². The predicted octanol–water partition coefficient (Wildman–Crippen LogP) is 1.12. The number of rotatable bonds is 6. The van der Waals surface area contributed by atoms with Crippen LogP contribution in [-0.4, -0.2) is 33.4 Å². The number of carbonyl (C=O) groups excluding carboxylic acids is 2. The molecule has 1 amide bonds. The number of ether oxygens (including phenoxy) is 1. The highest BCUT2D eigenvalue weighted by atomic mass is 32.2. The molecule has 0 aliphatic rings. The van der Waals surface area contributed by atoms with Crippen LogP contribution >= 0.6 is 0 Å². The normalized spacial score (nSPS) is 12.8. The Kier molecular flexibility index (Phi) is 6.07. The molecule has 0 aliphatic carbocycles. The maximum Gasteiger partial charge on any atom is 0.324 e. The standard InChI is InChI=1S/C14H20N2O5S/c1-9(2)13(14(18)21-4)16-22(19,20)12-8-6-5-7-11(12)15-10(3)17/h5-9,13,16H,1-4H3,(H,15,17)/t13-/m0/s1. The van der Waals surface area contributed by atoms with E-state index >= 15 is 0 Å². The van der Waals surface area contributed by atoms with Crippen molar-refractivity contribution in [3.63, 3.8) is 0 Å². The minimum absolute atomic E-state index is 0.111. The summed E-state index contributed by atoms with van der Waals surface area (Å²) in [6.07, 6.45) is 0. The second kappa shape index (κ2) is 7.37. The van der Waals surface area contributed by atoms with Crippen molar-refractivity contribution in [2.75, 3.05) is 12.4 Å². The topological polar surface area (TPSA) is 102 Å². The minimum atomic E-state index is -4.00. The molecule has 1 atom stereocenters. The van der Waals surface area contributed by atoms with Crippen LogP contribution in [-0.2, 0) is 24.3 Å². The zero-order valence-corrected chi connectivity index (χ0v) is 13.7. The molecule has 0 bridgehead atoms. The van der Waals surface area contributed by atoms with Crippen molar-refractivity contribution in [2.45, 2.75) is 31.7 Å². The summed E-state index contributed by atoms with van der Waals surface area (Å²) in [7, 11) is -2.81. The summed E-state index contributed by atoms with van der Waals surface area (Å²) in [5.41, 5.74) is 0.148. The van der Waals surface area contributed by atoms with Gasteiger partial charge in [0.15, 0.2) is 0 Å². The van der Waals surface area contributed by atoms with Crippen LogP contribution in [0.1, 0.15) is 20.8 Å². The predicted molar refractivity (Wildman–Crippen MR) is 81.7 cm³/mol. The number of anilines is 1. The summed E-state index contributed by atoms with van der Waals surface area (Å²) in [5, 5.41) is 2.45. The number of amides is 1. The van der Waals surface area contributed by atoms with Crippen LogP contribution < -0.4 is 10.0 Å². The third-order valence-corrected chi connectivity index (χ3v) is 4.39. The van der Waals surface area contributed by atoms with Crippen molar-refractivity contribution >= 4 is 27.6 Å². The molecular weight excluding hydrogens is 308 g/mol. The Labute approximate surface area is 130 Å². The van der Waals surface area contributed by atoms with E-state index in [1.54, 1.807) is 19.9 Å². The van der Waals surface area contributed by atoms with Gasteiger partial charge in [-0.3, -0.25) is 9.59 Å². The smallest absolute Gasteiger partial charge is 0.324 e. The van der Waals surface area contributed by atoms with E-state index < -0.39 is 27.9 Å². The van der Waals surface area contributed by atoms with Crippen LogP contribution in [0.5, 0.6) is 0 Å². The van der Waals surface area contributed by atoms with Crippen molar-refractivity contribution in [3.05, 3.63) is 24.3 Å². The van der Waals surface area contributed by atoms with Gasteiger partial charge in [0.25, 0.3) is 0 Å². The molecule has 0 aromatic heterocycles. The maximum atomic E-state index is 12.5. The van der Waals surface area contributed by atoms with Crippen molar-refractivity contribution in [1.82, 2.24) is 4.72 Å². The molecule has 0 unspecified atom stereocenters. The lowest BCUT2D eigenvalue weighted by Gasteiger charge is -2.20. The molecule has 0 radical (unpaired) electrons. The molecule has 1 aromatic carbocycles. The quantitative estimate of drug-likeness (QED) is 0.762. The first kappa shape index (κ1) is 18.1. The molecule has 0 fully saturated rings. The van der Waals surface area contributed by atoms with Gasteiger partial charge in [-0.1, -0.05) is 26.0 Å². The molecule has 0 saturated carbocycles. The second-order valence-corrected chi connectivity index (χ2v) is 6.73. The first-order valence-electron chi connectivity index (χ1n) is 6.65. The van der Waals surface area contributed by atoms with E-state index in [2.05, 4.69) is 14.8 Å². The van der Waals surface area contributed by atoms with Crippen molar-refractivity contribution in [1.29, 1.82) is 0 Å². The molecule has 1 rings (SSSR count). The number of nitrogens with one attached hydrogen (secondary N) is 2. The van der Waals surface area contributed by atoms with Gasteiger partial charge in [0.2, 0.25) is 15.9 Å². The van der Waals surface area contributed by atoms with E-state index in [9.17, 15) is 18.0 Å². The number of sulfonamides is 1. The molecule has 1 aromatic rings. The van der Waals surface area contributed by atoms with E-state index in [1.807, 2.05) is 0 Å². The highest BCUT2D eigenvalue weighted by Crippen LogP contribution is 2.21. The zero-order valence-electron chi connectivity index (χ0n) is 12.9. The molecule has 0 saturated heterocycles. The van der Waals surface area contributed by atoms with Crippen molar-refractivity contribution < 1.29 is 22.7 Å². The minimum Gasteiger partial charge on any atom is -0.468 e. The summed E-state index contributed by atoms with van der Waals surface area (Å²) >= 11 is 0. The van der Waals surface area contributed by atoms with Crippen LogP contribution in [0.25, 0.3) is 0 Å². The largest absolute Gasteiger partial charge is 0.468 e. The van der Waals surface area contributed by atoms with E-state index in [0.717, 1.165) is 0 Å². The molecule has 0 spiro atoms. The molecule has 0 aliphatic heterocycles. The Balaban J connectivity index is 3.19. The maximum absolute atomic E-state index is 12.5. The Bertz CT molecular complexity index is 655. The lowest BCUT2D eigenvalue weighted by molar-refractivity contribution is -0.143. The second-order valence-electron chi connectivity index (χ2n) is 5.04. The van der Waals surface area contributed by atoms with Gasteiger partial charge in [-0.15, -0.1) is 0 Å². The monoisotopic (exact) mass is 328 g/mol. The first-order chi connectivity index (χ1) is 10.2. The van der Waals surface area contributed by atoms with E-state index in [0.29, 0.717) is 0 Å². The van der Waals surface area contributed by atoms with Gasteiger partial charge in [-0.05, 0) is 18.1 Å². The van der Waals surface area contributed by atoms with Crippen LogP contribution in [0.3, 0.4) is 0 Å². The summed E-state index contributed by atoms with van der Waals surface area (Å²) in [4.78, 5) is 22.8. The fourth-order valence-electron chi connectivity index (χ4n) is 1.81. The fourth-order valence-corrected chi connectivity index (χ4v) is 3.30. The molecule has 2 N–H and O–H groups in total. The Morgan fingerprint density at radius 2 is 1.77 bits per heavy atom. The van der Waals surface area contributed by atoms with E-state index in [1.165, 1.54) is 32.2 Å². The highest BCUT2D eigenvalue weighted by molar-refractivity contribution is 7.89. The lowest BCUT2D eigenvalue weighted by Crippen LogP contribution is -2.45. The number of hydrogen-bond acceptors (Lipinski definition) is 5. The average Bonchev–Trinajstić information content (AvgIpc) is 2.43. The molecule has 0 heterocycles. The van der Waals surface area contributed by atoms with Crippen molar-refractivity contribution in [2.24, 2.45) is 5.92 Å². The molecule has 122 valence electrons. The molecule has 8 heteroatoms. The zero-order chi connectivity index (χ0) is 16.9. The molecule has 7 nitrogen and oxygen atoms in total. The molecule has 22 heavy (non-hydrogen) atoms. The molecular formula is C14H20N2O5S. The summed E-state index contributed by atoms with van der Waals surface area (Å²) in [5.74, 6) is -1.36. The summed E-state index contributed by atoms with van der Waals surface area (Å²) in [6, 6.07) is 4.94. The Morgan fingerprint density at radius 1 is 1.18 bits per heavy atom. The van der Waals surface area contributed by atoms with E-state index in [-0.39, 0.29) is 16.5 Å². The number of esters is 1. The van der Waals surface area contributed by atoms with Gasteiger partial charge in [0.05, 0.1) is 12.8 Å². The van der Waals surface area contributed by atoms with Gasteiger partial charge < -0.3 is 10.1 Å².